The zero-order valence-electron chi connectivity index (χ0n) is 12.5. The predicted molar refractivity (Wildman–Crippen MR) is 81.5 cm³/mol. The molecule has 0 heterocycles. The molecule has 0 fully saturated rings. The second kappa shape index (κ2) is 6.56. The molecular formula is C14H24N2O3S. The average Bonchev–Trinajstić information content (AvgIpc) is 2.44. The standard InChI is InChI=1S/C14H24N2O3S/c1-5-10-15-20(18,19)13-9-7-6-8-12(13)16(4)14(2,3)11-17/h6-9,15,17H,5,10-11H2,1-4H3. The lowest BCUT2D eigenvalue weighted by Gasteiger charge is -2.36. The largest absolute Gasteiger partial charge is 0.394 e. The lowest BCUT2D eigenvalue weighted by atomic mass is 10.0. The molecule has 2 N–H and O–H groups in total. The van der Waals surface area contributed by atoms with Gasteiger partial charge in [-0.25, -0.2) is 13.1 Å². The van der Waals surface area contributed by atoms with Crippen molar-refractivity contribution in [2.24, 2.45) is 0 Å². The van der Waals surface area contributed by atoms with E-state index in [4.69, 9.17) is 0 Å². The molecular weight excluding hydrogens is 276 g/mol. The summed E-state index contributed by atoms with van der Waals surface area (Å²) in [5.41, 5.74) is 0.0336. The quantitative estimate of drug-likeness (QED) is 0.802. The number of anilines is 1. The van der Waals surface area contributed by atoms with Crippen LogP contribution in [0.1, 0.15) is 27.2 Å². The molecule has 6 heteroatoms. The van der Waals surface area contributed by atoms with E-state index < -0.39 is 15.6 Å². The Labute approximate surface area is 121 Å². The van der Waals surface area contributed by atoms with E-state index in [1.165, 1.54) is 0 Å². The van der Waals surface area contributed by atoms with Crippen LogP contribution in [0.4, 0.5) is 5.69 Å². The van der Waals surface area contributed by atoms with Gasteiger partial charge in [-0.2, -0.15) is 0 Å². The zero-order chi connectivity index (χ0) is 15.4. The van der Waals surface area contributed by atoms with Crippen molar-refractivity contribution < 1.29 is 13.5 Å². The van der Waals surface area contributed by atoms with Crippen molar-refractivity contribution in [3.05, 3.63) is 24.3 Å². The molecule has 0 bridgehead atoms. The topological polar surface area (TPSA) is 69.6 Å². The highest BCUT2D eigenvalue weighted by Gasteiger charge is 2.27. The molecule has 0 radical (unpaired) electrons. The summed E-state index contributed by atoms with van der Waals surface area (Å²) >= 11 is 0. The smallest absolute Gasteiger partial charge is 0.242 e. The van der Waals surface area contributed by atoms with Crippen LogP contribution in [0.5, 0.6) is 0 Å². The highest BCUT2D eigenvalue weighted by molar-refractivity contribution is 7.89. The van der Waals surface area contributed by atoms with Crippen molar-refractivity contribution in [2.45, 2.75) is 37.6 Å². The Morgan fingerprint density at radius 3 is 2.45 bits per heavy atom. The molecule has 0 atom stereocenters. The maximum atomic E-state index is 12.3. The lowest BCUT2D eigenvalue weighted by Crippen LogP contribution is -2.45. The normalized spacial score (nSPS) is 12.4. The number of benzene rings is 1. The SMILES string of the molecule is CCCNS(=O)(=O)c1ccccc1N(C)C(C)(C)CO. The molecule has 1 aromatic carbocycles. The molecule has 0 unspecified atom stereocenters. The Morgan fingerprint density at radius 2 is 1.90 bits per heavy atom. The minimum absolute atomic E-state index is 0.0692. The van der Waals surface area contributed by atoms with Gasteiger partial charge in [0.2, 0.25) is 10.0 Å². The second-order valence-corrected chi connectivity index (χ2v) is 7.13. The molecule has 5 nitrogen and oxygen atoms in total. The molecule has 0 aliphatic heterocycles. The number of rotatable bonds is 7. The van der Waals surface area contributed by atoms with Gasteiger partial charge in [-0.3, -0.25) is 0 Å². The number of nitrogens with one attached hydrogen (secondary N) is 1. The number of hydrogen-bond donors (Lipinski definition) is 2. The Morgan fingerprint density at radius 1 is 1.30 bits per heavy atom. The third-order valence-corrected chi connectivity index (χ3v) is 4.86. The highest BCUT2D eigenvalue weighted by Crippen LogP contribution is 2.28. The molecule has 0 amide bonds. The molecule has 1 rings (SSSR count). The molecule has 1 aromatic rings. The summed E-state index contributed by atoms with van der Waals surface area (Å²) in [7, 11) is -1.76. The minimum atomic E-state index is -3.54. The summed E-state index contributed by atoms with van der Waals surface area (Å²) < 4.78 is 27.2. The molecule has 0 saturated carbocycles. The van der Waals surface area contributed by atoms with Crippen molar-refractivity contribution >= 4 is 15.7 Å². The third-order valence-electron chi connectivity index (χ3n) is 3.35. The monoisotopic (exact) mass is 300 g/mol. The zero-order valence-corrected chi connectivity index (χ0v) is 13.4. The van der Waals surface area contributed by atoms with Crippen LogP contribution in [0.2, 0.25) is 0 Å². The van der Waals surface area contributed by atoms with Crippen molar-refractivity contribution in [2.75, 3.05) is 25.1 Å². The fourth-order valence-electron chi connectivity index (χ4n) is 1.71. The molecule has 0 aromatic heterocycles. The first kappa shape index (κ1) is 16.9. The first-order valence-corrected chi connectivity index (χ1v) is 8.18. The molecule has 114 valence electrons. The van der Waals surface area contributed by atoms with Gasteiger partial charge >= 0.3 is 0 Å². The fraction of sp³-hybridized carbons (Fsp3) is 0.571. The van der Waals surface area contributed by atoms with E-state index in [9.17, 15) is 13.5 Å². The van der Waals surface area contributed by atoms with E-state index in [0.29, 0.717) is 12.2 Å². The Bertz CT molecular complexity index is 541. The van der Waals surface area contributed by atoms with Crippen LogP contribution in [0, 0.1) is 0 Å². The minimum Gasteiger partial charge on any atom is -0.394 e. The maximum Gasteiger partial charge on any atom is 0.242 e. The van der Waals surface area contributed by atoms with E-state index in [2.05, 4.69) is 4.72 Å². The van der Waals surface area contributed by atoms with Crippen LogP contribution >= 0.6 is 0 Å². The van der Waals surface area contributed by atoms with Gasteiger partial charge in [-0.15, -0.1) is 0 Å². The van der Waals surface area contributed by atoms with Crippen LogP contribution in [0.25, 0.3) is 0 Å². The summed E-state index contributed by atoms with van der Waals surface area (Å²) in [6.45, 7) is 5.96. The Balaban J connectivity index is 3.24. The van der Waals surface area contributed by atoms with Gasteiger partial charge in [0, 0.05) is 13.6 Å². The predicted octanol–water partition coefficient (Wildman–Crippen LogP) is 1.58. The molecule has 0 spiro atoms. The van der Waals surface area contributed by atoms with Crippen LogP contribution < -0.4 is 9.62 Å². The van der Waals surface area contributed by atoms with E-state index in [1.807, 2.05) is 20.8 Å². The Hall–Kier alpha value is -1.11. The maximum absolute atomic E-state index is 12.3. The Kier molecular flexibility index (Phi) is 5.56. The summed E-state index contributed by atoms with van der Waals surface area (Å²) in [6.07, 6.45) is 0.735. The van der Waals surface area contributed by atoms with Crippen LogP contribution in [0.3, 0.4) is 0 Å². The third kappa shape index (κ3) is 3.71. The van der Waals surface area contributed by atoms with Crippen molar-refractivity contribution in [1.82, 2.24) is 4.72 Å². The first-order chi connectivity index (χ1) is 9.26. The van der Waals surface area contributed by atoms with E-state index in [-0.39, 0.29) is 11.5 Å². The molecule has 0 aliphatic carbocycles. The van der Waals surface area contributed by atoms with Crippen molar-refractivity contribution in [3.8, 4) is 0 Å². The van der Waals surface area contributed by atoms with Gasteiger partial charge in [0.15, 0.2) is 0 Å². The molecule has 0 aliphatic rings. The number of sulfonamides is 1. The van der Waals surface area contributed by atoms with Crippen LogP contribution in [-0.2, 0) is 10.0 Å². The molecule has 0 saturated heterocycles. The summed E-state index contributed by atoms with van der Waals surface area (Å²) in [5, 5.41) is 9.45. The van der Waals surface area contributed by atoms with Crippen molar-refractivity contribution in [3.63, 3.8) is 0 Å². The van der Waals surface area contributed by atoms with Crippen LogP contribution in [-0.4, -0.2) is 39.3 Å². The summed E-state index contributed by atoms with van der Waals surface area (Å²) in [4.78, 5) is 2.02. The van der Waals surface area contributed by atoms with E-state index in [0.717, 1.165) is 6.42 Å². The van der Waals surface area contributed by atoms with Crippen molar-refractivity contribution in [1.29, 1.82) is 0 Å². The number of likely N-dealkylation sites (N-methyl/N-ethyl adjacent to an activating group) is 1. The summed E-state index contributed by atoms with van der Waals surface area (Å²) in [6, 6.07) is 6.82. The van der Waals surface area contributed by atoms with Gasteiger partial charge in [0.05, 0.1) is 17.8 Å². The number of para-hydroxylation sites is 1. The number of aliphatic hydroxyl groups is 1. The average molecular weight is 300 g/mol. The van der Waals surface area contributed by atoms with Gasteiger partial charge in [0.25, 0.3) is 0 Å². The van der Waals surface area contributed by atoms with Gasteiger partial charge in [0.1, 0.15) is 4.90 Å². The van der Waals surface area contributed by atoms with Crippen LogP contribution in [0.15, 0.2) is 29.2 Å². The fourth-order valence-corrected chi connectivity index (χ4v) is 3.07. The van der Waals surface area contributed by atoms with Gasteiger partial charge in [-0.1, -0.05) is 19.1 Å². The number of aliphatic hydroxyl groups excluding tert-OH is 1. The van der Waals surface area contributed by atoms with Gasteiger partial charge in [-0.05, 0) is 32.4 Å². The number of hydrogen-bond acceptors (Lipinski definition) is 4. The van der Waals surface area contributed by atoms with E-state index in [1.54, 1.807) is 36.2 Å². The number of nitrogens with zero attached hydrogens (tertiary/aromatic N) is 1. The molecule has 20 heavy (non-hydrogen) atoms. The van der Waals surface area contributed by atoms with Gasteiger partial charge < -0.3 is 10.0 Å². The van der Waals surface area contributed by atoms with E-state index >= 15 is 0 Å². The highest BCUT2D eigenvalue weighted by atomic mass is 32.2. The lowest BCUT2D eigenvalue weighted by molar-refractivity contribution is 0.216. The summed E-state index contributed by atoms with van der Waals surface area (Å²) in [5.74, 6) is 0. The first-order valence-electron chi connectivity index (χ1n) is 6.69. The second-order valence-electron chi connectivity index (χ2n) is 5.40.